The number of rotatable bonds is 6. The van der Waals surface area contributed by atoms with Gasteiger partial charge in [-0.15, -0.1) is 11.3 Å². The third kappa shape index (κ3) is 3.60. The molecule has 2 aromatic rings. The number of hydrogen-bond acceptors (Lipinski definition) is 5. The van der Waals surface area contributed by atoms with Gasteiger partial charge in [0.2, 0.25) is 0 Å². The third-order valence-electron chi connectivity index (χ3n) is 3.05. The van der Waals surface area contributed by atoms with Gasteiger partial charge in [0, 0.05) is 16.5 Å². The molecule has 5 heteroatoms. The van der Waals surface area contributed by atoms with Gasteiger partial charge in [-0.2, -0.15) is 0 Å². The Morgan fingerprint density at radius 3 is 2.68 bits per heavy atom. The first-order valence-electron chi connectivity index (χ1n) is 7.30. The van der Waals surface area contributed by atoms with Crippen molar-refractivity contribution in [1.29, 1.82) is 0 Å². The topological polar surface area (TPSA) is 61.5 Å². The van der Waals surface area contributed by atoms with Crippen molar-refractivity contribution >= 4 is 22.3 Å². The van der Waals surface area contributed by atoms with E-state index in [2.05, 4.69) is 0 Å². The van der Waals surface area contributed by atoms with Gasteiger partial charge in [-0.3, -0.25) is 0 Å². The van der Waals surface area contributed by atoms with Crippen LogP contribution in [0.1, 0.15) is 31.1 Å². The minimum Gasteiger partial charge on any atom is -0.493 e. The molecule has 0 unspecified atom stereocenters. The molecule has 0 bridgehead atoms. The molecule has 0 aliphatic carbocycles. The molecule has 0 saturated heterocycles. The Hall–Kier alpha value is -2.01. The predicted octanol–water partition coefficient (Wildman–Crippen LogP) is 4.21. The van der Waals surface area contributed by atoms with Crippen molar-refractivity contribution in [2.75, 3.05) is 18.9 Å². The van der Waals surface area contributed by atoms with E-state index >= 15 is 0 Å². The summed E-state index contributed by atoms with van der Waals surface area (Å²) in [5.74, 6) is 0.637. The second kappa shape index (κ2) is 7.31. The molecule has 0 aliphatic heterocycles. The Kier molecular flexibility index (Phi) is 5.44. The highest BCUT2D eigenvalue weighted by atomic mass is 32.1. The SMILES string of the molecule is CCOc1ccccc1-c1csc(N)c1C(=O)OCC(C)C. The lowest BCUT2D eigenvalue weighted by molar-refractivity contribution is 0.0461. The first-order chi connectivity index (χ1) is 10.5. The zero-order valence-corrected chi connectivity index (χ0v) is 13.9. The van der Waals surface area contributed by atoms with Crippen molar-refractivity contribution in [3.8, 4) is 16.9 Å². The number of carbonyl (C=O) groups excluding carboxylic acids is 1. The Morgan fingerprint density at radius 2 is 2.00 bits per heavy atom. The molecule has 4 nitrogen and oxygen atoms in total. The van der Waals surface area contributed by atoms with Gasteiger partial charge in [0.25, 0.3) is 0 Å². The molecule has 22 heavy (non-hydrogen) atoms. The van der Waals surface area contributed by atoms with E-state index in [1.54, 1.807) is 0 Å². The monoisotopic (exact) mass is 319 g/mol. The summed E-state index contributed by atoms with van der Waals surface area (Å²) in [6.07, 6.45) is 0. The first kappa shape index (κ1) is 16.4. The summed E-state index contributed by atoms with van der Waals surface area (Å²) in [4.78, 5) is 12.4. The summed E-state index contributed by atoms with van der Waals surface area (Å²) >= 11 is 1.34. The van der Waals surface area contributed by atoms with Gasteiger partial charge >= 0.3 is 5.97 Å². The van der Waals surface area contributed by atoms with Crippen LogP contribution in [-0.4, -0.2) is 19.2 Å². The lowest BCUT2D eigenvalue weighted by atomic mass is 10.0. The van der Waals surface area contributed by atoms with E-state index in [9.17, 15) is 4.79 Å². The number of hydrogen-bond donors (Lipinski definition) is 1. The molecule has 0 spiro atoms. The standard InChI is InChI=1S/C17H21NO3S/c1-4-20-14-8-6-5-7-12(14)13-10-22-16(18)15(13)17(19)21-9-11(2)3/h5-8,10-11H,4,9,18H2,1-3H3. The summed E-state index contributed by atoms with van der Waals surface area (Å²) in [5.41, 5.74) is 8.03. The van der Waals surface area contributed by atoms with E-state index in [0.717, 1.165) is 16.9 Å². The smallest absolute Gasteiger partial charge is 0.341 e. The molecule has 0 amide bonds. The van der Waals surface area contributed by atoms with Crippen molar-refractivity contribution in [1.82, 2.24) is 0 Å². The molecule has 0 atom stereocenters. The zero-order chi connectivity index (χ0) is 16.1. The normalized spacial score (nSPS) is 10.7. The maximum absolute atomic E-state index is 12.4. The number of nitrogens with two attached hydrogens (primary N) is 1. The second-order valence-electron chi connectivity index (χ2n) is 5.31. The molecular formula is C17H21NO3S. The molecule has 0 fully saturated rings. The number of ether oxygens (including phenoxy) is 2. The Morgan fingerprint density at radius 1 is 1.27 bits per heavy atom. The highest BCUT2D eigenvalue weighted by Gasteiger charge is 2.22. The fraction of sp³-hybridized carbons (Fsp3) is 0.353. The average molecular weight is 319 g/mol. The van der Waals surface area contributed by atoms with Crippen LogP contribution in [0.3, 0.4) is 0 Å². The van der Waals surface area contributed by atoms with E-state index in [1.165, 1.54) is 11.3 Å². The van der Waals surface area contributed by atoms with E-state index in [-0.39, 0.29) is 11.9 Å². The number of nitrogen functional groups attached to an aromatic ring is 1. The van der Waals surface area contributed by atoms with Crippen molar-refractivity contribution < 1.29 is 14.3 Å². The molecule has 2 rings (SSSR count). The largest absolute Gasteiger partial charge is 0.493 e. The van der Waals surface area contributed by atoms with E-state index < -0.39 is 0 Å². The fourth-order valence-electron chi connectivity index (χ4n) is 2.07. The molecular weight excluding hydrogens is 298 g/mol. The fourth-order valence-corrected chi connectivity index (χ4v) is 2.87. The van der Waals surface area contributed by atoms with Crippen LogP contribution in [-0.2, 0) is 4.74 Å². The number of benzene rings is 1. The number of para-hydroxylation sites is 1. The van der Waals surface area contributed by atoms with Gasteiger partial charge in [-0.05, 0) is 18.9 Å². The summed E-state index contributed by atoms with van der Waals surface area (Å²) in [6.45, 7) is 6.85. The first-order valence-corrected chi connectivity index (χ1v) is 8.18. The summed E-state index contributed by atoms with van der Waals surface area (Å²) in [6, 6.07) is 7.62. The van der Waals surface area contributed by atoms with E-state index in [0.29, 0.717) is 23.8 Å². The lowest BCUT2D eigenvalue weighted by Gasteiger charge is -2.12. The molecule has 0 saturated carbocycles. The number of anilines is 1. The van der Waals surface area contributed by atoms with Crippen molar-refractivity contribution in [3.05, 3.63) is 35.2 Å². The summed E-state index contributed by atoms with van der Waals surface area (Å²) in [5, 5.41) is 2.34. The minimum absolute atomic E-state index is 0.281. The van der Waals surface area contributed by atoms with Crippen LogP contribution in [0, 0.1) is 5.92 Å². The minimum atomic E-state index is -0.381. The molecule has 118 valence electrons. The summed E-state index contributed by atoms with van der Waals surface area (Å²) < 4.78 is 11.0. The maximum atomic E-state index is 12.4. The molecule has 1 aromatic carbocycles. The number of esters is 1. The number of carbonyl (C=O) groups is 1. The van der Waals surface area contributed by atoms with Crippen LogP contribution in [0.25, 0.3) is 11.1 Å². The van der Waals surface area contributed by atoms with Gasteiger partial charge in [-0.25, -0.2) is 4.79 Å². The zero-order valence-electron chi connectivity index (χ0n) is 13.1. The quantitative estimate of drug-likeness (QED) is 0.810. The second-order valence-corrected chi connectivity index (χ2v) is 6.22. The van der Waals surface area contributed by atoms with Crippen LogP contribution in [0.4, 0.5) is 5.00 Å². The number of thiophene rings is 1. The highest BCUT2D eigenvalue weighted by Crippen LogP contribution is 2.38. The lowest BCUT2D eigenvalue weighted by Crippen LogP contribution is -2.12. The summed E-state index contributed by atoms with van der Waals surface area (Å²) in [7, 11) is 0. The molecule has 1 aromatic heterocycles. The van der Waals surface area contributed by atoms with Gasteiger partial charge in [0.05, 0.1) is 13.2 Å². The van der Waals surface area contributed by atoms with Crippen LogP contribution >= 0.6 is 11.3 Å². The third-order valence-corrected chi connectivity index (χ3v) is 3.86. The van der Waals surface area contributed by atoms with Gasteiger partial charge in [0.15, 0.2) is 0 Å². The van der Waals surface area contributed by atoms with Crippen molar-refractivity contribution in [2.24, 2.45) is 5.92 Å². The highest BCUT2D eigenvalue weighted by molar-refractivity contribution is 7.15. The van der Waals surface area contributed by atoms with Crippen LogP contribution in [0.15, 0.2) is 29.6 Å². The molecule has 2 N–H and O–H groups in total. The Bertz CT molecular complexity index is 649. The van der Waals surface area contributed by atoms with E-state index in [1.807, 2.05) is 50.4 Å². The molecule has 1 heterocycles. The molecule has 0 aliphatic rings. The molecule has 0 radical (unpaired) electrons. The van der Waals surface area contributed by atoms with Crippen molar-refractivity contribution in [2.45, 2.75) is 20.8 Å². The van der Waals surface area contributed by atoms with Crippen LogP contribution in [0.5, 0.6) is 5.75 Å². The van der Waals surface area contributed by atoms with Gasteiger partial charge < -0.3 is 15.2 Å². The predicted molar refractivity (Wildman–Crippen MR) is 90.5 cm³/mol. The maximum Gasteiger partial charge on any atom is 0.341 e. The van der Waals surface area contributed by atoms with Crippen LogP contribution in [0.2, 0.25) is 0 Å². The van der Waals surface area contributed by atoms with Gasteiger partial charge in [-0.1, -0.05) is 32.0 Å². The van der Waals surface area contributed by atoms with Crippen LogP contribution < -0.4 is 10.5 Å². The van der Waals surface area contributed by atoms with Gasteiger partial charge in [0.1, 0.15) is 16.3 Å². The Labute approximate surface area is 134 Å². The van der Waals surface area contributed by atoms with Crippen molar-refractivity contribution in [3.63, 3.8) is 0 Å². The Balaban J connectivity index is 2.39. The van der Waals surface area contributed by atoms with E-state index in [4.69, 9.17) is 15.2 Å². The average Bonchev–Trinajstić information content (AvgIpc) is 2.87.